The van der Waals surface area contributed by atoms with Gasteiger partial charge in [-0.25, -0.2) is 0 Å². The number of halogens is 1. The molecule has 0 aliphatic carbocycles. The van der Waals surface area contributed by atoms with Crippen LogP contribution in [0.3, 0.4) is 0 Å². The summed E-state index contributed by atoms with van der Waals surface area (Å²) in [7, 11) is 0. The smallest absolute Gasteiger partial charge is 0.0795 e. The molecule has 0 aliphatic rings. The fourth-order valence-electron chi connectivity index (χ4n) is 0.755. The van der Waals surface area contributed by atoms with E-state index in [2.05, 4.69) is 11.6 Å². The van der Waals surface area contributed by atoms with Gasteiger partial charge in [0.25, 0.3) is 0 Å². The monoisotopic (exact) mass is 168 g/mol. The first kappa shape index (κ1) is 8.24. The maximum atomic E-state index is 5.81. The van der Waals surface area contributed by atoms with Crippen molar-refractivity contribution in [3.05, 3.63) is 41.7 Å². The van der Waals surface area contributed by atoms with Crippen LogP contribution >= 0.6 is 11.6 Å². The predicted molar refractivity (Wildman–Crippen MR) is 46.4 cm³/mol. The van der Waals surface area contributed by atoms with Gasteiger partial charge in [-0.3, -0.25) is 4.98 Å². The second-order valence-electron chi connectivity index (χ2n) is 2.13. The Morgan fingerprint density at radius 3 is 3.00 bits per heavy atom. The fraction of sp³-hybridized carbons (Fsp3) is 0.125. The molecular weight excluding hydrogens is 160 g/mol. The molecule has 3 heteroatoms. The molecule has 1 aromatic heterocycles. The van der Waals surface area contributed by atoms with Gasteiger partial charge in [0.2, 0.25) is 0 Å². The highest BCUT2D eigenvalue weighted by atomic mass is 35.5. The van der Waals surface area contributed by atoms with Crippen LogP contribution < -0.4 is 5.73 Å². The van der Waals surface area contributed by atoms with Crippen LogP contribution in [0, 0.1) is 0 Å². The summed E-state index contributed by atoms with van der Waals surface area (Å²) in [6.07, 6.45) is 3.26. The van der Waals surface area contributed by atoms with Gasteiger partial charge in [0.15, 0.2) is 0 Å². The molecule has 2 nitrogen and oxygen atoms in total. The molecule has 2 N–H and O–H groups in total. The number of nitrogens with zero attached hydrogens (tertiary/aromatic N) is 1. The van der Waals surface area contributed by atoms with Gasteiger partial charge in [-0.15, -0.1) is 6.58 Å². The fourth-order valence-corrected chi connectivity index (χ4v) is 1.00. The Morgan fingerprint density at radius 2 is 2.45 bits per heavy atom. The van der Waals surface area contributed by atoms with Crippen LogP contribution in [0.1, 0.15) is 11.7 Å². The molecule has 1 unspecified atom stereocenters. The largest absolute Gasteiger partial charge is 0.319 e. The second kappa shape index (κ2) is 3.51. The molecule has 0 amide bonds. The van der Waals surface area contributed by atoms with Gasteiger partial charge in [-0.2, -0.15) is 0 Å². The highest BCUT2D eigenvalue weighted by Crippen LogP contribution is 2.18. The zero-order valence-electron chi connectivity index (χ0n) is 6.00. The second-order valence-corrected chi connectivity index (χ2v) is 2.54. The highest BCUT2D eigenvalue weighted by molar-refractivity contribution is 6.31. The van der Waals surface area contributed by atoms with E-state index in [0.717, 1.165) is 0 Å². The van der Waals surface area contributed by atoms with E-state index in [9.17, 15) is 0 Å². The van der Waals surface area contributed by atoms with Crippen molar-refractivity contribution >= 4 is 11.6 Å². The van der Waals surface area contributed by atoms with Crippen molar-refractivity contribution in [1.82, 2.24) is 4.98 Å². The number of aromatic nitrogens is 1. The number of nitrogens with two attached hydrogens (primary N) is 1. The van der Waals surface area contributed by atoms with Gasteiger partial charge in [-0.1, -0.05) is 17.7 Å². The normalized spacial score (nSPS) is 12.5. The molecule has 11 heavy (non-hydrogen) atoms. The molecule has 1 heterocycles. The van der Waals surface area contributed by atoms with E-state index in [0.29, 0.717) is 10.7 Å². The molecule has 1 aromatic rings. The Kier molecular flexibility index (Phi) is 2.63. The van der Waals surface area contributed by atoms with Gasteiger partial charge in [0.05, 0.1) is 16.8 Å². The van der Waals surface area contributed by atoms with Crippen molar-refractivity contribution in [3.63, 3.8) is 0 Å². The van der Waals surface area contributed by atoms with Gasteiger partial charge >= 0.3 is 0 Å². The summed E-state index contributed by atoms with van der Waals surface area (Å²) in [5.74, 6) is 0. The Labute approximate surface area is 70.7 Å². The zero-order valence-corrected chi connectivity index (χ0v) is 6.75. The molecule has 0 fully saturated rings. The first-order valence-electron chi connectivity index (χ1n) is 3.24. The van der Waals surface area contributed by atoms with Crippen LogP contribution in [0.5, 0.6) is 0 Å². The molecular formula is C8H9ClN2. The number of hydrogen-bond acceptors (Lipinski definition) is 2. The standard InChI is InChI=1S/C8H9ClN2/c1-2-7(10)8-6(9)4-3-5-11-8/h2-5,7H,1,10H2. The average molecular weight is 169 g/mol. The van der Waals surface area contributed by atoms with E-state index < -0.39 is 0 Å². The minimum absolute atomic E-state index is 0.274. The highest BCUT2D eigenvalue weighted by Gasteiger charge is 2.05. The maximum Gasteiger partial charge on any atom is 0.0795 e. The summed E-state index contributed by atoms with van der Waals surface area (Å²) < 4.78 is 0. The molecule has 0 saturated carbocycles. The first-order chi connectivity index (χ1) is 5.25. The van der Waals surface area contributed by atoms with E-state index in [-0.39, 0.29) is 6.04 Å². The summed E-state index contributed by atoms with van der Waals surface area (Å²) in [5.41, 5.74) is 6.30. The van der Waals surface area contributed by atoms with E-state index >= 15 is 0 Å². The van der Waals surface area contributed by atoms with Crippen LogP contribution in [0.4, 0.5) is 0 Å². The SMILES string of the molecule is C=CC(N)c1ncccc1Cl. The van der Waals surface area contributed by atoms with Crippen molar-refractivity contribution in [1.29, 1.82) is 0 Å². The zero-order chi connectivity index (χ0) is 8.27. The number of pyridine rings is 1. The van der Waals surface area contributed by atoms with E-state index in [1.807, 2.05) is 0 Å². The Balaban J connectivity index is 3.02. The minimum Gasteiger partial charge on any atom is -0.319 e. The molecule has 1 atom stereocenters. The van der Waals surface area contributed by atoms with Gasteiger partial charge in [0, 0.05) is 6.20 Å². The lowest BCUT2D eigenvalue weighted by Gasteiger charge is -2.05. The lowest BCUT2D eigenvalue weighted by molar-refractivity contribution is 0.864. The minimum atomic E-state index is -0.274. The molecule has 0 bridgehead atoms. The molecule has 0 saturated heterocycles. The maximum absolute atomic E-state index is 5.81. The van der Waals surface area contributed by atoms with Crippen LogP contribution in [-0.2, 0) is 0 Å². The van der Waals surface area contributed by atoms with E-state index in [1.54, 1.807) is 24.4 Å². The molecule has 0 radical (unpaired) electrons. The van der Waals surface area contributed by atoms with Crippen molar-refractivity contribution in [2.75, 3.05) is 0 Å². The Hall–Kier alpha value is -0.860. The summed E-state index contributed by atoms with van der Waals surface area (Å²) in [6, 6.07) is 3.25. The van der Waals surface area contributed by atoms with Crippen molar-refractivity contribution in [3.8, 4) is 0 Å². The molecule has 1 rings (SSSR count). The Bertz CT molecular complexity index is 260. The van der Waals surface area contributed by atoms with Crippen molar-refractivity contribution in [2.24, 2.45) is 5.73 Å². The molecule has 0 aliphatic heterocycles. The van der Waals surface area contributed by atoms with Crippen LogP contribution in [0.15, 0.2) is 31.0 Å². The van der Waals surface area contributed by atoms with Gasteiger partial charge in [-0.05, 0) is 12.1 Å². The van der Waals surface area contributed by atoms with Crippen LogP contribution in [0.2, 0.25) is 5.02 Å². The third-order valence-electron chi connectivity index (χ3n) is 1.36. The third-order valence-corrected chi connectivity index (χ3v) is 1.68. The van der Waals surface area contributed by atoms with Gasteiger partial charge < -0.3 is 5.73 Å². The Morgan fingerprint density at radius 1 is 1.73 bits per heavy atom. The van der Waals surface area contributed by atoms with Crippen molar-refractivity contribution < 1.29 is 0 Å². The number of rotatable bonds is 2. The quantitative estimate of drug-likeness (QED) is 0.686. The summed E-state index contributed by atoms with van der Waals surface area (Å²) in [6.45, 7) is 3.55. The summed E-state index contributed by atoms with van der Waals surface area (Å²) in [4.78, 5) is 4.02. The summed E-state index contributed by atoms with van der Waals surface area (Å²) in [5, 5.41) is 0.583. The third kappa shape index (κ3) is 1.79. The average Bonchev–Trinajstić information content (AvgIpc) is 2.04. The molecule has 0 aromatic carbocycles. The van der Waals surface area contributed by atoms with E-state index in [4.69, 9.17) is 17.3 Å². The van der Waals surface area contributed by atoms with Crippen molar-refractivity contribution in [2.45, 2.75) is 6.04 Å². The van der Waals surface area contributed by atoms with Gasteiger partial charge in [0.1, 0.15) is 0 Å². The van der Waals surface area contributed by atoms with E-state index in [1.165, 1.54) is 0 Å². The predicted octanol–water partition coefficient (Wildman–Crippen LogP) is 1.92. The molecule has 58 valence electrons. The first-order valence-corrected chi connectivity index (χ1v) is 3.62. The number of hydrogen-bond donors (Lipinski definition) is 1. The van der Waals surface area contributed by atoms with Crippen LogP contribution in [0.25, 0.3) is 0 Å². The lowest BCUT2D eigenvalue weighted by Crippen LogP contribution is -2.08. The lowest BCUT2D eigenvalue weighted by atomic mass is 10.2. The summed E-state index contributed by atoms with van der Waals surface area (Å²) >= 11 is 5.81. The van der Waals surface area contributed by atoms with Crippen LogP contribution in [-0.4, -0.2) is 4.98 Å². The molecule has 0 spiro atoms. The topological polar surface area (TPSA) is 38.9 Å².